The van der Waals surface area contributed by atoms with Crippen LogP contribution >= 0.6 is 15.9 Å². The number of ether oxygens (including phenoxy) is 2. The van der Waals surface area contributed by atoms with Crippen LogP contribution in [0.25, 0.3) is 6.08 Å². The summed E-state index contributed by atoms with van der Waals surface area (Å²) in [6.07, 6.45) is 1.51. The van der Waals surface area contributed by atoms with Gasteiger partial charge in [-0.05, 0) is 55.3 Å². The van der Waals surface area contributed by atoms with Crippen molar-refractivity contribution >= 4 is 45.5 Å². The highest BCUT2D eigenvalue weighted by molar-refractivity contribution is 9.10. The van der Waals surface area contributed by atoms with Gasteiger partial charge in [-0.15, -0.1) is 0 Å². The molecule has 0 atom stereocenters. The van der Waals surface area contributed by atoms with Gasteiger partial charge in [-0.2, -0.15) is 0 Å². The average molecular weight is 488 g/mol. The number of anilines is 1. The van der Waals surface area contributed by atoms with Crippen LogP contribution in [0.3, 0.4) is 0 Å². The largest absolute Gasteiger partial charge is 0.493 e. The Morgan fingerprint density at radius 1 is 1.23 bits per heavy atom. The molecule has 162 valence electrons. The van der Waals surface area contributed by atoms with Crippen molar-refractivity contribution in [2.45, 2.75) is 13.8 Å². The Kier molecular flexibility index (Phi) is 6.96. The van der Waals surface area contributed by atoms with Gasteiger partial charge in [0.2, 0.25) is 5.91 Å². The number of methoxy groups -OCH3 is 1. The summed E-state index contributed by atoms with van der Waals surface area (Å²) in [5.74, 6) is -0.0262. The number of carbonyl (C=O) groups is 3. The number of halogens is 1. The predicted octanol–water partition coefficient (Wildman–Crippen LogP) is 3.70. The minimum atomic E-state index is -0.662. The quantitative estimate of drug-likeness (QED) is 0.458. The van der Waals surface area contributed by atoms with Gasteiger partial charge in [0.15, 0.2) is 11.5 Å². The lowest BCUT2D eigenvalue weighted by Crippen LogP contribution is -2.38. The summed E-state index contributed by atoms with van der Waals surface area (Å²) in [6.45, 7) is 3.83. The third-order valence-corrected chi connectivity index (χ3v) is 5.14. The molecule has 0 unspecified atom stereocenters. The van der Waals surface area contributed by atoms with E-state index in [1.54, 1.807) is 24.3 Å². The first kappa shape index (κ1) is 22.4. The Hall–Kier alpha value is -3.33. The molecule has 2 N–H and O–H groups in total. The van der Waals surface area contributed by atoms with Crippen LogP contribution in [-0.2, 0) is 9.59 Å². The van der Waals surface area contributed by atoms with Gasteiger partial charge in [0, 0.05) is 10.2 Å². The van der Waals surface area contributed by atoms with Crippen molar-refractivity contribution in [1.82, 2.24) is 10.2 Å². The standard InChI is InChI=1S/C22H22BrN3O5/c1-4-31-19-11-16(23)14(10-18(19)30-3)9-17-21(28)26(22(29)25-17)12-20(27)24-15-7-5-6-13(2)8-15/h5-11H,4,12H2,1-3H3,(H,24,27)(H,25,29)/b17-9+. The maximum absolute atomic E-state index is 12.7. The minimum absolute atomic E-state index is 0.0558. The molecule has 0 spiro atoms. The van der Waals surface area contributed by atoms with E-state index >= 15 is 0 Å². The molecule has 1 heterocycles. The van der Waals surface area contributed by atoms with E-state index < -0.39 is 24.4 Å². The van der Waals surface area contributed by atoms with Gasteiger partial charge in [-0.1, -0.05) is 28.1 Å². The molecular weight excluding hydrogens is 466 g/mol. The van der Waals surface area contributed by atoms with Gasteiger partial charge in [-0.3, -0.25) is 9.59 Å². The van der Waals surface area contributed by atoms with Crippen molar-refractivity contribution in [2.75, 3.05) is 25.6 Å². The third-order valence-electron chi connectivity index (χ3n) is 4.45. The molecule has 1 fully saturated rings. The van der Waals surface area contributed by atoms with Crippen molar-refractivity contribution in [3.05, 3.63) is 57.7 Å². The summed E-state index contributed by atoms with van der Waals surface area (Å²) in [5, 5.41) is 5.20. The first-order valence-electron chi connectivity index (χ1n) is 9.53. The molecule has 0 aromatic heterocycles. The Morgan fingerprint density at radius 3 is 2.68 bits per heavy atom. The fourth-order valence-corrected chi connectivity index (χ4v) is 3.46. The number of amides is 4. The summed E-state index contributed by atoms with van der Waals surface area (Å²) >= 11 is 3.44. The molecule has 0 radical (unpaired) electrons. The zero-order chi connectivity index (χ0) is 22.5. The first-order valence-corrected chi connectivity index (χ1v) is 10.3. The van der Waals surface area contributed by atoms with Crippen molar-refractivity contribution in [1.29, 1.82) is 0 Å². The number of nitrogens with one attached hydrogen (secondary N) is 2. The molecule has 9 heteroatoms. The number of urea groups is 1. The number of aryl methyl sites for hydroxylation is 1. The molecule has 0 bridgehead atoms. The van der Waals surface area contributed by atoms with E-state index in [9.17, 15) is 14.4 Å². The normalized spacial score (nSPS) is 14.6. The Bertz CT molecular complexity index is 1070. The fraction of sp³-hybridized carbons (Fsp3) is 0.227. The van der Waals surface area contributed by atoms with Crippen LogP contribution in [-0.4, -0.2) is 43.0 Å². The maximum Gasteiger partial charge on any atom is 0.329 e. The third kappa shape index (κ3) is 5.24. The van der Waals surface area contributed by atoms with Crippen LogP contribution in [0.15, 0.2) is 46.6 Å². The second-order valence-electron chi connectivity index (χ2n) is 6.75. The van der Waals surface area contributed by atoms with Gasteiger partial charge in [0.25, 0.3) is 5.91 Å². The lowest BCUT2D eigenvalue weighted by Gasteiger charge is -2.12. The van der Waals surface area contributed by atoms with E-state index in [2.05, 4.69) is 26.6 Å². The highest BCUT2D eigenvalue weighted by Crippen LogP contribution is 2.34. The highest BCUT2D eigenvalue weighted by atomic mass is 79.9. The zero-order valence-corrected chi connectivity index (χ0v) is 18.9. The molecule has 0 aliphatic carbocycles. The maximum atomic E-state index is 12.7. The van der Waals surface area contributed by atoms with Crippen molar-refractivity contribution < 1.29 is 23.9 Å². The lowest BCUT2D eigenvalue weighted by molar-refractivity contribution is -0.127. The van der Waals surface area contributed by atoms with Crippen LogP contribution in [0.2, 0.25) is 0 Å². The molecule has 8 nitrogen and oxygen atoms in total. The van der Waals surface area contributed by atoms with E-state index in [-0.39, 0.29) is 5.70 Å². The Morgan fingerprint density at radius 2 is 2.00 bits per heavy atom. The predicted molar refractivity (Wildman–Crippen MR) is 120 cm³/mol. The highest BCUT2D eigenvalue weighted by Gasteiger charge is 2.35. The van der Waals surface area contributed by atoms with Crippen LogP contribution < -0.4 is 20.1 Å². The van der Waals surface area contributed by atoms with Gasteiger partial charge in [0.05, 0.1) is 13.7 Å². The second-order valence-corrected chi connectivity index (χ2v) is 7.61. The number of carbonyl (C=O) groups excluding carboxylic acids is 3. The molecule has 2 aromatic rings. The van der Waals surface area contributed by atoms with Gasteiger partial charge in [-0.25, -0.2) is 9.69 Å². The molecule has 1 aliphatic heterocycles. The number of rotatable bonds is 7. The number of nitrogens with zero attached hydrogens (tertiary/aromatic N) is 1. The minimum Gasteiger partial charge on any atom is -0.493 e. The summed E-state index contributed by atoms with van der Waals surface area (Å²) in [5.41, 5.74) is 2.24. The van der Waals surface area contributed by atoms with Crippen molar-refractivity contribution in [3.63, 3.8) is 0 Å². The molecule has 3 rings (SSSR count). The van der Waals surface area contributed by atoms with Gasteiger partial charge in [0.1, 0.15) is 12.2 Å². The molecule has 4 amide bonds. The molecule has 2 aromatic carbocycles. The van der Waals surface area contributed by atoms with E-state index in [4.69, 9.17) is 9.47 Å². The zero-order valence-electron chi connectivity index (χ0n) is 17.3. The first-order chi connectivity index (χ1) is 14.8. The Balaban J connectivity index is 1.76. The number of hydrogen-bond acceptors (Lipinski definition) is 5. The monoisotopic (exact) mass is 487 g/mol. The van der Waals surface area contributed by atoms with E-state index in [0.29, 0.717) is 33.8 Å². The summed E-state index contributed by atoms with van der Waals surface area (Å²) < 4.78 is 11.5. The van der Waals surface area contributed by atoms with Crippen LogP contribution in [0.4, 0.5) is 10.5 Å². The van der Waals surface area contributed by atoms with Gasteiger partial charge >= 0.3 is 6.03 Å². The van der Waals surface area contributed by atoms with E-state index in [1.807, 2.05) is 26.0 Å². The summed E-state index contributed by atoms with van der Waals surface area (Å²) in [4.78, 5) is 38.2. The van der Waals surface area contributed by atoms with Crippen LogP contribution in [0, 0.1) is 6.92 Å². The number of hydrogen-bond donors (Lipinski definition) is 2. The molecule has 1 saturated heterocycles. The summed E-state index contributed by atoms with van der Waals surface area (Å²) in [6, 6.07) is 9.99. The molecular formula is C22H22BrN3O5. The molecule has 1 aliphatic rings. The lowest BCUT2D eigenvalue weighted by atomic mass is 10.1. The second kappa shape index (κ2) is 9.65. The Labute approximate surface area is 188 Å². The molecule has 31 heavy (non-hydrogen) atoms. The average Bonchev–Trinajstić information content (AvgIpc) is 2.97. The van der Waals surface area contributed by atoms with Crippen molar-refractivity contribution in [3.8, 4) is 11.5 Å². The number of imide groups is 1. The van der Waals surface area contributed by atoms with Gasteiger partial charge < -0.3 is 20.1 Å². The SMILES string of the molecule is CCOc1cc(Br)c(/C=C2/NC(=O)N(CC(=O)Nc3cccc(C)c3)C2=O)cc1OC. The van der Waals surface area contributed by atoms with Crippen LogP contribution in [0.1, 0.15) is 18.1 Å². The van der Waals surface area contributed by atoms with E-state index in [1.165, 1.54) is 13.2 Å². The van der Waals surface area contributed by atoms with Crippen LogP contribution in [0.5, 0.6) is 11.5 Å². The topological polar surface area (TPSA) is 97.0 Å². The number of benzene rings is 2. The summed E-state index contributed by atoms with van der Waals surface area (Å²) in [7, 11) is 1.51. The smallest absolute Gasteiger partial charge is 0.329 e. The fourth-order valence-electron chi connectivity index (χ4n) is 3.03. The van der Waals surface area contributed by atoms with Crippen molar-refractivity contribution in [2.24, 2.45) is 0 Å². The molecule has 0 saturated carbocycles. The van der Waals surface area contributed by atoms with E-state index in [0.717, 1.165) is 10.5 Å².